The topological polar surface area (TPSA) is 201 Å². The Bertz CT molecular complexity index is 2070. The molecule has 2 aromatic rings. The fourth-order valence-corrected chi connectivity index (χ4v) is 9.04. The first-order chi connectivity index (χ1) is 26.9. The van der Waals surface area contributed by atoms with Crippen molar-refractivity contribution in [3.8, 4) is 17.4 Å². The average molecular weight is 812 g/mol. The molecule has 0 unspecified atom stereocenters. The van der Waals surface area contributed by atoms with Gasteiger partial charge in [-0.1, -0.05) is 19.1 Å². The molecule has 4 amide bonds. The highest BCUT2D eigenvalue weighted by atomic mass is 32.2. The molecule has 1 aromatic heterocycles. The SMILES string of the molecule is CC[C@@H]1O[C@@H](C)CC/C=C\[C@@H]2C[C@@]2(C(=O)NS(=O)(=O)C2(C)CC2)NC(=O)[C@@H]2C[C@@H](Oc3nccc4c5c(ccc34)OCCO5)CN2C(=O)[C@H]1NC(=O)OC(C)(C)C. The minimum atomic E-state index is -4.02. The lowest BCUT2D eigenvalue weighted by molar-refractivity contribution is -0.145. The summed E-state index contributed by atoms with van der Waals surface area (Å²) in [6, 6.07) is 2.91. The summed E-state index contributed by atoms with van der Waals surface area (Å²) in [6.07, 6.45) is 4.97. The Morgan fingerprint density at radius 2 is 1.86 bits per heavy atom. The smallest absolute Gasteiger partial charge is 0.408 e. The number of hydrogen-bond acceptors (Lipinski definition) is 12. The van der Waals surface area contributed by atoms with Crippen molar-refractivity contribution in [1.29, 1.82) is 0 Å². The lowest BCUT2D eigenvalue weighted by atomic mass is 10.0. The molecule has 7 rings (SSSR count). The lowest BCUT2D eigenvalue weighted by Crippen LogP contribution is -2.60. The van der Waals surface area contributed by atoms with Gasteiger partial charge in [0.1, 0.15) is 42.5 Å². The van der Waals surface area contributed by atoms with Crippen LogP contribution in [-0.2, 0) is 33.9 Å². The molecule has 0 spiro atoms. The summed E-state index contributed by atoms with van der Waals surface area (Å²) in [5, 5.41) is 6.98. The van der Waals surface area contributed by atoms with Gasteiger partial charge < -0.3 is 39.2 Å². The van der Waals surface area contributed by atoms with Gasteiger partial charge in [0.05, 0.1) is 23.5 Å². The molecule has 16 nitrogen and oxygen atoms in total. The maximum atomic E-state index is 14.9. The fraction of sp³-hybridized carbons (Fsp3) is 0.625. The van der Waals surface area contributed by atoms with Crippen LogP contribution in [0.25, 0.3) is 10.8 Å². The number of alkyl carbamates (subject to hydrolysis) is 1. The van der Waals surface area contributed by atoms with E-state index in [1.807, 2.05) is 32.1 Å². The number of nitrogens with one attached hydrogen (secondary N) is 3. The van der Waals surface area contributed by atoms with Crippen LogP contribution in [0, 0.1) is 5.92 Å². The molecule has 0 radical (unpaired) electrons. The van der Waals surface area contributed by atoms with Gasteiger partial charge in [-0.2, -0.15) is 0 Å². The van der Waals surface area contributed by atoms with Crippen LogP contribution in [-0.4, -0.2) is 108 Å². The molecule has 5 aliphatic rings. The summed E-state index contributed by atoms with van der Waals surface area (Å²) in [5.41, 5.74) is -2.44. The number of rotatable bonds is 7. The zero-order chi connectivity index (χ0) is 40.9. The molecule has 57 heavy (non-hydrogen) atoms. The van der Waals surface area contributed by atoms with Crippen molar-refractivity contribution >= 4 is 44.6 Å². The second-order valence-electron chi connectivity index (χ2n) is 17.0. The highest BCUT2D eigenvalue weighted by molar-refractivity contribution is 7.91. The summed E-state index contributed by atoms with van der Waals surface area (Å²) in [5.74, 6) is -1.20. The zero-order valence-electron chi connectivity index (χ0n) is 33.3. The highest BCUT2D eigenvalue weighted by Gasteiger charge is 2.63. The lowest BCUT2D eigenvalue weighted by Gasteiger charge is -2.34. The molecule has 4 heterocycles. The molecule has 1 saturated heterocycles. The highest BCUT2D eigenvalue weighted by Crippen LogP contribution is 2.48. The summed E-state index contributed by atoms with van der Waals surface area (Å²) in [7, 11) is -4.02. The number of amides is 4. The third kappa shape index (κ3) is 8.36. The number of fused-ring (bicyclic) bond motifs is 5. The number of nitrogens with zero attached hydrogens (tertiary/aromatic N) is 2. The van der Waals surface area contributed by atoms with Crippen molar-refractivity contribution in [3.63, 3.8) is 0 Å². The first-order valence-corrected chi connectivity index (χ1v) is 21.3. The number of carbonyl (C=O) groups excluding carboxylic acids is 4. The second kappa shape index (κ2) is 15.3. The predicted molar refractivity (Wildman–Crippen MR) is 207 cm³/mol. The van der Waals surface area contributed by atoms with Crippen LogP contribution >= 0.6 is 0 Å². The van der Waals surface area contributed by atoms with Gasteiger partial charge in [0.2, 0.25) is 27.7 Å². The molecular weight excluding hydrogens is 759 g/mol. The molecule has 2 saturated carbocycles. The molecule has 7 atom stereocenters. The van der Waals surface area contributed by atoms with E-state index >= 15 is 0 Å². The molecule has 3 fully saturated rings. The van der Waals surface area contributed by atoms with Crippen molar-refractivity contribution in [3.05, 3.63) is 36.5 Å². The number of hydrogen-bond donors (Lipinski definition) is 3. The Kier molecular flexibility index (Phi) is 10.9. The number of aromatic nitrogens is 1. The molecule has 310 valence electrons. The van der Waals surface area contributed by atoms with Crippen LogP contribution in [0.3, 0.4) is 0 Å². The normalized spacial score (nSPS) is 30.4. The van der Waals surface area contributed by atoms with Gasteiger partial charge in [0.15, 0.2) is 11.5 Å². The van der Waals surface area contributed by atoms with Crippen molar-refractivity contribution in [2.24, 2.45) is 5.92 Å². The Morgan fingerprint density at radius 1 is 1.11 bits per heavy atom. The Hall–Kier alpha value is -4.64. The molecule has 3 aliphatic heterocycles. The standard InChI is InChI=1S/C40H53N5O11S/c1-7-29-31(42-37(49)56-38(3,4)5)35(47)45-22-25(55-34-27-12-13-30-32(53-19-18-52-30)26(27)14-17-41-34)20-28(45)33(46)43-40(21-24(40)11-9-8-10-23(2)54-29)36(48)44-57(50,51)39(6)15-16-39/h9,11-14,17,23-25,28-29,31H,7-8,10,15-16,18-22H2,1-6H3,(H,42,49)(H,43,46)(H,44,48)/b11-9-/t23-,24+,25+,28-,29-,31-,40+/m0/s1. The molecule has 2 aliphatic carbocycles. The predicted octanol–water partition coefficient (Wildman–Crippen LogP) is 3.65. The van der Waals surface area contributed by atoms with E-state index in [9.17, 15) is 27.6 Å². The summed E-state index contributed by atoms with van der Waals surface area (Å²) < 4.78 is 57.8. The van der Waals surface area contributed by atoms with Crippen LogP contribution in [0.15, 0.2) is 36.5 Å². The molecule has 3 N–H and O–H groups in total. The number of benzene rings is 1. The van der Waals surface area contributed by atoms with Gasteiger partial charge in [-0.05, 0) is 91.3 Å². The number of allylic oxidation sites excluding steroid dienone is 1. The fourth-order valence-electron chi connectivity index (χ4n) is 7.73. The van der Waals surface area contributed by atoms with E-state index in [1.165, 1.54) is 4.90 Å². The van der Waals surface area contributed by atoms with Crippen LogP contribution in [0.5, 0.6) is 17.4 Å². The van der Waals surface area contributed by atoms with Gasteiger partial charge in [-0.15, -0.1) is 0 Å². The summed E-state index contributed by atoms with van der Waals surface area (Å²) in [4.78, 5) is 62.5. The second-order valence-corrected chi connectivity index (χ2v) is 19.2. The zero-order valence-corrected chi connectivity index (χ0v) is 34.1. The number of pyridine rings is 1. The third-order valence-corrected chi connectivity index (χ3v) is 13.5. The van der Waals surface area contributed by atoms with Crippen LogP contribution < -0.4 is 29.6 Å². The molecule has 17 heteroatoms. The minimum Gasteiger partial charge on any atom is -0.486 e. The first-order valence-electron chi connectivity index (χ1n) is 19.8. The maximum Gasteiger partial charge on any atom is 0.408 e. The first kappa shape index (κ1) is 40.6. The van der Waals surface area contributed by atoms with Gasteiger partial charge in [0.25, 0.3) is 5.91 Å². The monoisotopic (exact) mass is 811 g/mol. The van der Waals surface area contributed by atoms with Crippen molar-refractivity contribution in [2.75, 3.05) is 19.8 Å². The van der Waals surface area contributed by atoms with E-state index in [-0.39, 0.29) is 31.4 Å². The molecular formula is C40H53N5O11S. The van der Waals surface area contributed by atoms with Gasteiger partial charge in [-0.3, -0.25) is 19.1 Å². The summed E-state index contributed by atoms with van der Waals surface area (Å²) >= 11 is 0. The number of sulfonamides is 1. The molecule has 1 aromatic carbocycles. The maximum absolute atomic E-state index is 14.9. The molecule has 0 bridgehead atoms. The van der Waals surface area contributed by atoms with E-state index < -0.39 is 79.9 Å². The van der Waals surface area contributed by atoms with E-state index in [2.05, 4.69) is 20.3 Å². The van der Waals surface area contributed by atoms with E-state index in [0.29, 0.717) is 67.6 Å². The van der Waals surface area contributed by atoms with Crippen molar-refractivity contribution in [2.45, 2.75) is 133 Å². The quantitative estimate of drug-likeness (QED) is 0.344. The van der Waals surface area contributed by atoms with Crippen LogP contribution in [0.1, 0.15) is 86.5 Å². The van der Waals surface area contributed by atoms with Gasteiger partial charge in [-0.25, -0.2) is 18.2 Å². The Balaban J connectivity index is 1.24. The minimum absolute atomic E-state index is 0.0119. The van der Waals surface area contributed by atoms with E-state index in [4.69, 9.17) is 23.7 Å². The third-order valence-electron chi connectivity index (χ3n) is 11.4. The van der Waals surface area contributed by atoms with Gasteiger partial charge in [0, 0.05) is 29.3 Å². The number of ether oxygens (including phenoxy) is 5. The number of carbonyl (C=O) groups is 4. The summed E-state index contributed by atoms with van der Waals surface area (Å²) in [6.45, 7) is 11.1. The van der Waals surface area contributed by atoms with Gasteiger partial charge >= 0.3 is 6.09 Å². The van der Waals surface area contributed by atoms with Crippen LogP contribution in [0.2, 0.25) is 0 Å². The Morgan fingerprint density at radius 3 is 2.58 bits per heavy atom. The van der Waals surface area contributed by atoms with E-state index in [1.54, 1.807) is 46.0 Å². The van der Waals surface area contributed by atoms with Crippen molar-refractivity contribution in [1.82, 2.24) is 25.2 Å². The van der Waals surface area contributed by atoms with Crippen molar-refractivity contribution < 1.29 is 51.3 Å². The largest absolute Gasteiger partial charge is 0.486 e. The average Bonchev–Trinajstić information content (AvgIpc) is 4.03. The Labute approximate surface area is 332 Å². The van der Waals surface area contributed by atoms with Crippen LogP contribution in [0.4, 0.5) is 4.79 Å². The van der Waals surface area contributed by atoms with E-state index in [0.717, 1.165) is 0 Å².